The van der Waals surface area contributed by atoms with Crippen molar-refractivity contribution in [2.45, 2.75) is 63.2 Å². The summed E-state index contributed by atoms with van der Waals surface area (Å²) in [6, 6.07) is -4.09. The molecule has 0 aromatic carbocycles. The van der Waals surface area contributed by atoms with Gasteiger partial charge in [0.15, 0.2) is 0 Å². The Balaban J connectivity index is 2.29. The minimum atomic E-state index is -4.74. The number of likely N-dealkylation sites (N-methyl/N-ethyl adjacent to an activating group) is 1. The summed E-state index contributed by atoms with van der Waals surface area (Å²) in [4.78, 5) is 64.4. The van der Waals surface area contributed by atoms with Crippen LogP contribution in [-0.2, 0) is 74.3 Å². The Bertz CT molecular complexity index is 1810. The Hall–Kier alpha value is -3.89. The van der Waals surface area contributed by atoms with Crippen LogP contribution < -0.4 is 21.3 Å². The van der Waals surface area contributed by atoms with E-state index in [9.17, 15) is 51.0 Å². The van der Waals surface area contributed by atoms with Gasteiger partial charge in [-0.25, -0.2) is 27.3 Å². The summed E-state index contributed by atoms with van der Waals surface area (Å²) in [5, 5.41) is 44.6. The minimum absolute atomic E-state index is 0.0412. The molecule has 29 heteroatoms. The van der Waals surface area contributed by atoms with Crippen LogP contribution in [0.4, 0.5) is 4.79 Å². The van der Waals surface area contributed by atoms with E-state index in [-0.39, 0.29) is 30.9 Å². The maximum atomic E-state index is 13.6. The summed E-state index contributed by atoms with van der Waals surface area (Å²) < 4.78 is 71.3. The minimum Gasteiger partial charge on any atom is -0.480 e. The third-order valence-corrected chi connectivity index (χ3v) is 9.79. The largest absolute Gasteiger partial charge is 0.480 e. The van der Waals surface area contributed by atoms with Gasteiger partial charge < -0.3 is 31.5 Å². The summed E-state index contributed by atoms with van der Waals surface area (Å²) in [6.45, 7) is 0.370. The molecule has 2 heterocycles. The van der Waals surface area contributed by atoms with Gasteiger partial charge in [0.1, 0.15) is 17.9 Å². The molecule has 304 valence electrons. The number of nitrogens with zero attached hydrogens (tertiary/aromatic N) is 6. The molecule has 0 aliphatic carbocycles. The highest BCUT2D eigenvalue weighted by molar-refractivity contribution is 7.98. The van der Waals surface area contributed by atoms with Crippen molar-refractivity contribution in [1.29, 1.82) is 0 Å². The lowest BCUT2D eigenvalue weighted by Crippen LogP contribution is -2.58. The summed E-state index contributed by atoms with van der Waals surface area (Å²) in [7, 11) is -9.28. The third-order valence-electron chi connectivity index (χ3n) is 7.16. The number of carboxylic acid groups (broad SMARTS) is 2. The van der Waals surface area contributed by atoms with Crippen LogP contribution in [0.5, 0.6) is 0 Å². The van der Waals surface area contributed by atoms with Crippen LogP contribution >= 0.6 is 20.3 Å². The third kappa shape index (κ3) is 17.1. The van der Waals surface area contributed by atoms with Gasteiger partial charge in [-0.1, -0.05) is 17.4 Å². The summed E-state index contributed by atoms with van der Waals surface area (Å²) >= 11 is 1.35. The second kappa shape index (κ2) is 21.9. The smallest absolute Gasteiger partial charge is 0.397 e. The van der Waals surface area contributed by atoms with Crippen LogP contribution in [0.2, 0.25) is 0 Å². The van der Waals surface area contributed by atoms with Crippen molar-refractivity contribution in [2.24, 2.45) is 5.92 Å². The van der Waals surface area contributed by atoms with Crippen molar-refractivity contribution in [1.82, 2.24) is 51.3 Å². The summed E-state index contributed by atoms with van der Waals surface area (Å²) in [5.74, 6) is -6.21. The van der Waals surface area contributed by atoms with Gasteiger partial charge in [-0.05, 0) is 31.4 Å². The molecule has 0 spiro atoms. The zero-order valence-corrected chi connectivity index (χ0v) is 32.3. The van der Waals surface area contributed by atoms with E-state index >= 15 is 0 Å². The molecule has 3 amide bonds. The lowest BCUT2D eigenvalue weighted by Gasteiger charge is -2.27. The Morgan fingerprint density at radius 2 is 1.33 bits per heavy atom. The number of carbonyl (C=O) groups is 5. The second-order valence-electron chi connectivity index (χ2n) is 11.1. The van der Waals surface area contributed by atoms with Gasteiger partial charge in [-0.2, -0.15) is 28.6 Å². The maximum absolute atomic E-state index is 13.6. The van der Waals surface area contributed by atoms with E-state index in [0.717, 1.165) is 4.68 Å². The summed E-state index contributed by atoms with van der Waals surface area (Å²) in [6.07, 6.45) is 4.15. The highest BCUT2D eigenvalue weighted by Crippen LogP contribution is 2.19. The molecule has 0 fully saturated rings. The predicted octanol–water partition coefficient (Wildman–Crippen LogP) is -2.88. The Labute approximate surface area is 314 Å². The van der Waals surface area contributed by atoms with Crippen LogP contribution in [0.15, 0.2) is 12.4 Å². The predicted molar refractivity (Wildman–Crippen MR) is 187 cm³/mol. The zero-order chi connectivity index (χ0) is 40.6. The van der Waals surface area contributed by atoms with Gasteiger partial charge in [0, 0.05) is 33.8 Å². The second-order valence-corrected chi connectivity index (χ2v) is 15.5. The van der Waals surface area contributed by atoms with Crippen LogP contribution in [0, 0.1) is 5.92 Å². The quantitative estimate of drug-likeness (QED) is 0.0348. The van der Waals surface area contributed by atoms with Crippen LogP contribution in [0.3, 0.4) is 0 Å². The van der Waals surface area contributed by atoms with E-state index in [1.54, 1.807) is 13.2 Å². The molecular weight excluding hydrogens is 808 g/mol. The van der Waals surface area contributed by atoms with E-state index in [1.165, 1.54) is 35.9 Å². The highest BCUT2D eigenvalue weighted by Gasteiger charge is 2.34. The molecule has 2 aromatic heterocycles. The highest BCUT2D eigenvalue weighted by atomic mass is 32.3. The molecule has 2 unspecified atom stereocenters. The molecular formula is C25H41N10O15PS3. The number of carbonyl (C=O) groups excluding carboxylic acids is 3. The number of amides is 3. The van der Waals surface area contributed by atoms with E-state index in [2.05, 4.69) is 50.3 Å². The molecule has 0 bridgehead atoms. The first-order valence-corrected chi connectivity index (χ1v) is 20.8. The number of aliphatic carboxylic acids is 1. The van der Waals surface area contributed by atoms with Gasteiger partial charge in [-0.15, -0.1) is 10.2 Å². The van der Waals surface area contributed by atoms with Crippen molar-refractivity contribution in [3.8, 4) is 0 Å². The SMILES string of the molecule is CCC(CSC)[C@H](NC(=O)[C@H](Cc1cn(CCOS(=O)(=O)O)nn1)NC(=O)[C@@H](NC(=O)[C@H](Cc1cn(CCOS(=O)(=O)O)nn1)NC)PC(=O)O)C(=O)O. The molecule has 0 radical (unpaired) electrons. The molecule has 6 atom stereocenters. The number of nitrogens with one attached hydrogen (secondary N) is 4. The molecule has 0 aliphatic rings. The number of thioether (sulfide) groups is 1. The first-order valence-electron chi connectivity index (χ1n) is 15.6. The molecule has 2 rings (SSSR count). The number of carboxylic acids is 1. The van der Waals surface area contributed by atoms with Gasteiger partial charge >= 0.3 is 32.5 Å². The Kier molecular flexibility index (Phi) is 18.7. The zero-order valence-electron chi connectivity index (χ0n) is 28.9. The Morgan fingerprint density at radius 1 is 0.833 bits per heavy atom. The monoisotopic (exact) mass is 848 g/mol. The molecule has 0 saturated heterocycles. The maximum Gasteiger partial charge on any atom is 0.397 e. The normalized spacial score (nSPS) is 14.9. The van der Waals surface area contributed by atoms with E-state index < -0.39 is 108 Å². The molecule has 8 N–H and O–H groups in total. The first-order chi connectivity index (χ1) is 25.2. The molecule has 0 aliphatic heterocycles. The van der Waals surface area contributed by atoms with Crippen LogP contribution in [-0.4, -0.2) is 152 Å². The Morgan fingerprint density at radius 3 is 1.76 bits per heavy atom. The van der Waals surface area contributed by atoms with E-state index in [4.69, 9.17) is 9.11 Å². The standard InChI is InChI=1S/C25H41N10O15PS3/c1-4-14(13-52-3)19(24(39)40)28-21(37)18(10-16-12-35(33-31-16)6-8-50-54(46,47)48)27-22(38)23(51-25(41)42)29-20(36)17(26-2)9-15-11-34(32-30-15)5-7-49-53(43,44)45/h11-12,14,17-19,23,26,51H,4-10,13H2,1-3H3,(H,27,38)(H,28,37)(H,29,36)(H,39,40)(H,41,42)(H,43,44,45)(H,46,47,48)/t14?,17-,18-,19-,23-/m0/s1. The lowest BCUT2D eigenvalue weighted by atomic mass is 9.98. The van der Waals surface area contributed by atoms with Gasteiger partial charge in [0.2, 0.25) is 17.7 Å². The fourth-order valence-electron chi connectivity index (χ4n) is 4.60. The van der Waals surface area contributed by atoms with Crippen molar-refractivity contribution in [3.63, 3.8) is 0 Å². The van der Waals surface area contributed by atoms with Crippen molar-refractivity contribution >= 4 is 70.5 Å². The van der Waals surface area contributed by atoms with Crippen molar-refractivity contribution < 1.29 is 68.5 Å². The summed E-state index contributed by atoms with van der Waals surface area (Å²) in [5.41, 5.74) is -1.22. The van der Waals surface area contributed by atoms with Crippen molar-refractivity contribution in [2.75, 3.05) is 32.3 Å². The van der Waals surface area contributed by atoms with E-state index in [0.29, 0.717) is 12.2 Å². The van der Waals surface area contributed by atoms with Crippen molar-refractivity contribution in [3.05, 3.63) is 23.8 Å². The van der Waals surface area contributed by atoms with Crippen LogP contribution in [0.1, 0.15) is 24.7 Å². The molecule has 2 aromatic rings. The first kappa shape index (κ1) is 46.3. The number of hydrogen-bond donors (Lipinski definition) is 8. The number of hydrogen-bond acceptors (Lipinski definition) is 17. The topological polar surface area (TPSA) is 363 Å². The average Bonchev–Trinajstić information content (AvgIpc) is 3.71. The lowest BCUT2D eigenvalue weighted by molar-refractivity contribution is -0.143. The van der Waals surface area contributed by atoms with Gasteiger partial charge in [-0.3, -0.25) is 23.5 Å². The van der Waals surface area contributed by atoms with Gasteiger partial charge in [0.05, 0.1) is 43.7 Å². The molecule has 54 heavy (non-hydrogen) atoms. The fourth-order valence-corrected chi connectivity index (χ4v) is 6.70. The average molecular weight is 849 g/mol. The fraction of sp³-hybridized carbons (Fsp3) is 0.640. The number of aromatic nitrogens is 6. The number of rotatable bonds is 26. The van der Waals surface area contributed by atoms with Gasteiger partial charge in [0.25, 0.3) is 0 Å². The molecule has 25 nitrogen and oxygen atoms in total. The molecule has 0 saturated carbocycles. The van der Waals surface area contributed by atoms with Crippen LogP contribution in [0.25, 0.3) is 0 Å². The van der Waals surface area contributed by atoms with E-state index in [1.807, 2.05) is 0 Å².